The zero-order chi connectivity index (χ0) is 19.8. The van der Waals surface area contributed by atoms with Gasteiger partial charge in [0.2, 0.25) is 5.91 Å². The van der Waals surface area contributed by atoms with Crippen molar-refractivity contribution < 1.29 is 19.4 Å². The van der Waals surface area contributed by atoms with Crippen molar-refractivity contribution in [1.29, 1.82) is 0 Å². The van der Waals surface area contributed by atoms with Gasteiger partial charge < -0.3 is 15.2 Å². The van der Waals surface area contributed by atoms with E-state index in [1.807, 2.05) is 30.3 Å². The van der Waals surface area contributed by atoms with E-state index < -0.39 is 6.10 Å². The van der Waals surface area contributed by atoms with Crippen molar-refractivity contribution in [1.82, 2.24) is 0 Å². The monoisotopic (exact) mass is 387 g/mol. The number of carbonyl (C=O) groups is 2. The number of carbonyl (C=O) groups excluding carboxylic acids is 2. The molecule has 0 heterocycles. The Kier molecular flexibility index (Phi) is 7.88. The molecule has 0 saturated heterocycles. The Hall–Kier alpha value is -2.31. The Morgan fingerprint density at radius 3 is 2.26 bits per heavy atom. The van der Waals surface area contributed by atoms with Crippen molar-refractivity contribution in [3.05, 3.63) is 65.7 Å². The van der Waals surface area contributed by atoms with E-state index in [0.29, 0.717) is 17.0 Å². The summed E-state index contributed by atoms with van der Waals surface area (Å²) in [5.74, 6) is -0.113. The van der Waals surface area contributed by atoms with Crippen LogP contribution < -0.4 is 5.32 Å². The molecule has 1 amide bonds. The summed E-state index contributed by atoms with van der Waals surface area (Å²) in [6.45, 7) is 5.38. The number of esters is 1. The highest BCUT2D eigenvalue weighted by Gasteiger charge is 2.17. The first kappa shape index (κ1) is 21.0. The van der Waals surface area contributed by atoms with E-state index in [4.69, 9.17) is 4.74 Å². The van der Waals surface area contributed by atoms with Crippen LogP contribution in [0.2, 0.25) is 0 Å². The lowest BCUT2D eigenvalue weighted by molar-refractivity contribution is -0.115. The number of nitrogens with one attached hydrogen (secondary N) is 1. The minimum atomic E-state index is -0.613. The Morgan fingerprint density at radius 2 is 1.67 bits per heavy atom. The van der Waals surface area contributed by atoms with Crippen LogP contribution >= 0.6 is 11.8 Å². The molecule has 2 atom stereocenters. The minimum absolute atomic E-state index is 0.155. The fourth-order valence-corrected chi connectivity index (χ4v) is 3.17. The molecule has 2 aromatic rings. The molecule has 0 fully saturated rings. The third-order valence-electron chi connectivity index (χ3n) is 3.79. The van der Waals surface area contributed by atoms with Crippen LogP contribution in [0.5, 0.6) is 0 Å². The Labute approximate surface area is 164 Å². The smallest absolute Gasteiger partial charge is 0.338 e. The van der Waals surface area contributed by atoms with E-state index in [-0.39, 0.29) is 23.2 Å². The number of aliphatic hydroxyl groups is 1. The Bertz CT molecular complexity index is 747. The number of ether oxygens (including phenoxy) is 1. The predicted octanol–water partition coefficient (Wildman–Crippen LogP) is 4.05. The van der Waals surface area contributed by atoms with Gasteiger partial charge in [-0.1, -0.05) is 30.3 Å². The molecular formula is C21H25NO4S. The van der Waals surface area contributed by atoms with Crippen molar-refractivity contribution in [2.75, 3.05) is 11.1 Å². The maximum absolute atomic E-state index is 12.3. The molecule has 0 bridgehead atoms. The van der Waals surface area contributed by atoms with Crippen LogP contribution in [0.4, 0.5) is 5.69 Å². The zero-order valence-corrected chi connectivity index (χ0v) is 16.5. The lowest BCUT2D eigenvalue weighted by Crippen LogP contribution is -2.23. The van der Waals surface area contributed by atoms with Gasteiger partial charge in [-0.2, -0.15) is 0 Å². The number of thioether (sulfide) groups is 1. The molecular weight excluding hydrogens is 362 g/mol. The van der Waals surface area contributed by atoms with Crippen LogP contribution in [0.1, 0.15) is 42.8 Å². The van der Waals surface area contributed by atoms with Gasteiger partial charge in [-0.3, -0.25) is 4.79 Å². The Morgan fingerprint density at radius 1 is 1.04 bits per heavy atom. The number of aliphatic hydroxyl groups excluding tert-OH is 1. The van der Waals surface area contributed by atoms with Crippen LogP contribution in [0.15, 0.2) is 54.6 Å². The molecule has 144 valence electrons. The summed E-state index contributed by atoms with van der Waals surface area (Å²) < 4.78 is 5.13. The van der Waals surface area contributed by atoms with Gasteiger partial charge in [0.1, 0.15) is 0 Å². The lowest BCUT2D eigenvalue weighted by atomic mass is 10.1. The molecule has 5 nitrogen and oxygen atoms in total. The average molecular weight is 388 g/mol. The van der Waals surface area contributed by atoms with Gasteiger partial charge >= 0.3 is 5.97 Å². The van der Waals surface area contributed by atoms with E-state index in [1.54, 1.807) is 45.0 Å². The second kappa shape index (κ2) is 10.1. The molecule has 2 aromatic carbocycles. The molecule has 0 aliphatic carbocycles. The second-order valence-electron chi connectivity index (χ2n) is 6.42. The predicted molar refractivity (Wildman–Crippen MR) is 109 cm³/mol. The molecule has 6 heteroatoms. The van der Waals surface area contributed by atoms with Crippen LogP contribution in [0, 0.1) is 0 Å². The molecule has 0 aliphatic heterocycles. The largest absolute Gasteiger partial charge is 0.459 e. The SMILES string of the molecule is CC(C)OC(=O)c1ccc(NC(=O)C(C)SCC(O)c2ccccc2)cc1. The maximum atomic E-state index is 12.3. The van der Waals surface area contributed by atoms with Crippen LogP contribution in [0.3, 0.4) is 0 Å². The second-order valence-corrected chi connectivity index (χ2v) is 7.80. The standard InChI is InChI=1S/C21H25NO4S/c1-14(2)26-21(25)17-9-11-18(12-10-17)22-20(24)15(3)27-13-19(23)16-7-5-4-6-8-16/h4-12,14-15,19,23H,13H2,1-3H3,(H,22,24). The Balaban J connectivity index is 1.84. The summed E-state index contributed by atoms with van der Waals surface area (Å²) in [7, 11) is 0. The van der Waals surface area contributed by atoms with Gasteiger partial charge in [-0.05, 0) is 50.6 Å². The van der Waals surface area contributed by atoms with Crippen molar-refractivity contribution in [2.24, 2.45) is 0 Å². The fraction of sp³-hybridized carbons (Fsp3) is 0.333. The minimum Gasteiger partial charge on any atom is -0.459 e. The van der Waals surface area contributed by atoms with Crippen molar-refractivity contribution in [3.8, 4) is 0 Å². The molecule has 2 rings (SSSR count). The summed E-state index contributed by atoms with van der Waals surface area (Å²) in [6, 6.07) is 16.0. The zero-order valence-electron chi connectivity index (χ0n) is 15.7. The molecule has 0 radical (unpaired) electrons. The van der Waals surface area contributed by atoms with Gasteiger partial charge in [0.15, 0.2) is 0 Å². The topological polar surface area (TPSA) is 75.6 Å². The number of hydrogen-bond acceptors (Lipinski definition) is 5. The van der Waals surface area contributed by atoms with Gasteiger partial charge in [0.25, 0.3) is 0 Å². The highest BCUT2D eigenvalue weighted by atomic mass is 32.2. The molecule has 0 saturated carbocycles. The lowest BCUT2D eigenvalue weighted by Gasteiger charge is -2.15. The number of hydrogen-bond donors (Lipinski definition) is 2. The quantitative estimate of drug-likeness (QED) is 0.669. The molecule has 0 aliphatic rings. The highest BCUT2D eigenvalue weighted by molar-refractivity contribution is 8.00. The first-order valence-electron chi connectivity index (χ1n) is 8.83. The highest BCUT2D eigenvalue weighted by Crippen LogP contribution is 2.22. The van der Waals surface area contributed by atoms with E-state index in [0.717, 1.165) is 5.56 Å². The number of amides is 1. The third-order valence-corrected chi connectivity index (χ3v) is 5.01. The summed E-state index contributed by atoms with van der Waals surface area (Å²) in [6.07, 6.45) is -0.793. The van der Waals surface area contributed by atoms with Crippen LogP contribution in [-0.2, 0) is 9.53 Å². The average Bonchev–Trinajstić information content (AvgIpc) is 2.66. The van der Waals surface area contributed by atoms with Crippen LogP contribution in [-0.4, -0.2) is 34.1 Å². The van der Waals surface area contributed by atoms with Gasteiger partial charge in [0, 0.05) is 11.4 Å². The molecule has 2 N–H and O–H groups in total. The summed E-state index contributed by atoms with van der Waals surface area (Å²) in [4.78, 5) is 24.1. The summed E-state index contributed by atoms with van der Waals surface area (Å²) >= 11 is 1.39. The van der Waals surface area contributed by atoms with Gasteiger partial charge in [-0.25, -0.2) is 4.79 Å². The van der Waals surface area contributed by atoms with E-state index in [1.165, 1.54) is 11.8 Å². The molecule has 27 heavy (non-hydrogen) atoms. The molecule has 0 spiro atoms. The first-order valence-corrected chi connectivity index (χ1v) is 9.88. The van der Waals surface area contributed by atoms with Crippen molar-refractivity contribution in [3.63, 3.8) is 0 Å². The number of rotatable bonds is 8. The van der Waals surface area contributed by atoms with Crippen molar-refractivity contribution in [2.45, 2.75) is 38.2 Å². The maximum Gasteiger partial charge on any atom is 0.338 e. The molecule has 0 aromatic heterocycles. The van der Waals surface area contributed by atoms with Crippen LogP contribution in [0.25, 0.3) is 0 Å². The first-order chi connectivity index (χ1) is 12.9. The molecule has 2 unspecified atom stereocenters. The number of anilines is 1. The fourth-order valence-electron chi connectivity index (χ4n) is 2.30. The number of benzene rings is 2. The van der Waals surface area contributed by atoms with Gasteiger partial charge in [-0.15, -0.1) is 11.8 Å². The van der Waals surface area contributed by atoms with Gasteiger partial charge in [0.05, 0.1) is 23.0 Å². The summed E-state index contributed by atoms with van der Waals surface area (Å²) in [5, 5.41) is 12.7. The van der Waals surface area contributed by atoms with E-state index >= 15 is 0 Å². The normalized spacial score (nSPS) is 13.1. The van der Waals surface area contributed by atoms with E-state index in [2.05, 4.69) is 5.32 Å². The van der Waals surface area contributed by atoms with Crippen molar-refractivity contribution >= 4 is 29.3 Å². The van der Waals surface area contributed by atoms with E-state index in [9.17, 15) is 14.7 Å². The summed E-state index contributed by atoms with van der Waals surface area (Å²) in [5.41, 5.74) is 1.88. The third kappa shape index (κ3) is 6.73.